The van der Waals surface area contributed by atoms with E-state index in [1.807, 2.05) is 38.1 Å². The van der Waals surface area contributed by atoms with Gasteiger partial charge in [-0.2, -0.15) is 0 Å². The largest absolute Gasteiger partial charge is 0.493 e. The molecule has 1 N–H and O–H groups in total. The summed E-state index contributed by atoms with van der Waals surface area (Å²) < 4.78 is 10.1. The number of rotatable bonds is 6. The van der Waals surface area contributed by atoms with Gasteiger partial charge < -0.3 is 14.6 Å². The molecular weight excluding hydrogens is 232 g/mol. The van der Waals surface area contributed by atoms with E-state index in [0.717, 1.165) is 0 Å². The number of hydrogen-bond donors (Lipinski definition) is 1. The fraction of sp³-hybridized carbons (Fsp3) is 0.500. The van der Waals surface area contributed by atoms with Gasteiger partial charge in [0.2, 0.25) is 0 Å². The van der Waals surface area contributed by atoms with Gasteiger partial charge in [-0.05, 0) is 18.9 Å². The van der Waals surface area contributed by atoms with Crippen molar-refractivity contribution in [2.75, 3.05) is 13.7 Å². The average Bonchev–Trinajstić information content (AvgIpc) is 2.38. The summed E-state index contributed by atoms with van der Waals surface area (Å²) in [7, 11) is 1.34. The lowest BCUT2D eigenvalue weighted by Gasteiger charge is -2.20. The number of hydrogen-bond acceptors (Lipinski definition) is 4. The van der Waals surface area contributed by atoms with Crippen LogP contribution in [0.1, 0.15) is 31.9 Å². The number of methoxy groups -OCH3 is 1. The fourth-order valence-electron chi connectivity index (χ4n) is 1.78. The van der Waals surface area contributed by atoms with Gasteiger partial charge in [-0.15, -0.1) is 0 Å². The third-order valence-corrected chi connectivity index (χ3v) is 2.79. The van der Waals surface area contributed by atoms with Crippen molar-refractivity contribution < 1.29 is 19.4 Å². The Hall–Kier alpha value is -1.55. The minimum Gasteiger partial charge on any atom is -0.493 e. The first-order valence-corrected chi connectivity index (χ1v) is 6.06. The minimum absolute atomic E-state index is 0.179. The molecule has 1 aromatic rings. The van der Waals surface area contributed by atoms with Gasteiger partial charge in [0.25, 0.3) is 0 Å². The van der Waals surface area contributed by atoms with E-state index in [0.29, 0.717) is 17.9 Å². The summed E-state index contributed by atoms with van der Waals surface area (Å²) in [5.74, 6) is 0.110. The monoisotopic (exact) mass is 252 g/mol. The molecule has 100 valence electrons. The predicted octanol–water partition coefficient (Wildman–Crippen LogP) is 2.32. The fourth-order valence-corrected chi connectivity index (χ4v) is 1.78. The third kappa shape index (κ3) is 3.74. The maximum atomic E-state index is 11.2. The number of ether oxygens (including phenoxy) is 2. The number of esters is 1. The SMILES string of the molecule is CCOc1ccccc1C(O)C(C)CC(=O)OC. The third-order valence-electron chi connectivity index (χ3n) is 2.79. The topological polar surface area (TPSA) is 55.8 Å². The molecule has 2 unspecified atom stereocenters. The molecule has 0 aliphatic carbocycles. The minimum atomic E-state index is -0.744. The molecule has 0 radical (unpaired) electrons. The zero-order valence-electron chi connectivity index (χ0n) is 11.1. The van der Waals surface area contributed by atoms with Crippen molar-refractivity contribution in [2.24, 2.45) is 5.92 Å². The second kappa shape index (κ2) is 7.01. The normalized spacial score (nSPS) is 13.8. The van der Waals surface area contributed by atoms with E-state index in [4.69, 9.17) is 4.74 Å². The highest BCUT2D eigenvalue weighted by atomic mass is 16.5. The van der Waals surface area contributed by atoms with E-state index in [1.165, 1.54) is 7.11 Å². The molecule has 0 heterocycles. The lowest BCUT2D eigenvalue weighted by Crippen LogP contribution is -2.15. The maximum absolute atomic E-state index is 11.2. The maximum Gasteiger partial charge on any atom is 0.305 e. The molecule has 0 fully saturated rings. The molecule has 0 aliphatic rings. The van der Waals surface area contributed by atoms with Crippen molar-refractivity contribution in [3.8, 4) is 5.75 Å². The van der Waals surface area contributed by atoms with Crippen LogP contribution in [0.25, 0.3) is 0 Å². The van der Waals surface area contributed by atoms with Crippen molar-refractivity contribution in [2.45, 2.75) is 26.4 Å². The number of benzene rings is 1. The van der Waals surface area contributed by atoms with Crippen LogP contribution in [0.3, 0.4) is 0 Å². The molecule has 2 atom stereocenters. The summed E-state index contributed by atoms with van der Waals surface area (Å²) >= 11 is 0. The van der Waals surface area contributed by atoms with Crippen LogP contribution in [0.4, 0.5) is 0 Å². The molecule has 0 aromatic heterocycles. The highest BCUT2D eigenvalue weighted by Gasteiger charge is 2.22. The molecule has 1 rings (SSSR count). The van der Waals surface area contributed by atoms with Gasteiger partial charge in [0.05, 0.1) is 26.2 Å². The van der Waals surface area contributed by atoms with Crippen LogP contribution < -0.4 is 4.74 Å². The average molecular weight is 252 g/mol. The van der Waals surface area contributed by atoms with Crippen LogP contribution in [0.5, 0.6) is 5.75 Å². The molecule has 4 nitrogen and oxygen atoms in total. The van der Waals surface area contributed by atoms with Crippen molar-refractivity contribution in [3.63, 3.8) is 0 Å². The number of carbonyl (C=O) groups excluding carboxylic acids is 1. The van der Waals surface area contributed by atoms with Crippen LogP contribution in [-0.2, 0) is 9.53 Å². The van der Waals surface area contributed by atoms with Gasteiger partial charge in [0.15, 0.2) is 0 Å². The smallest absolute Gasteiger partial charge is 0.305 e. The Balaban J connectivity index is 2.82. The Bertz CT molecular complexity index is 389. The van der Waals surface area contributed by atoms with E-state index in [9.17, 15) is 9.90 Å². The summed E-state index contributed by atoms with van der Waals surface area (Å²) in [4.78, 5) is 11.2. The van der Waals surface area contributed by atoms with E-state index in [1.54, 1.807) is 0 Å². The molecule has 18 heavy (non-hydrogen) atoms. The van der Waals surface area contributed by atoms with Crippen molar-refractivity contribution >= 4 is 5.97 Å². The molecule has 0 aliphatic heterocycles. The van der Waals surface area contributed by atoms with Crippen molar-refractivity contribution in [1.29, 1.82) is 0 Å². The molecule has 0 spiro atoms. The summed E-state index contributed by atoms with van der Waals surface area (Å²) in [6, 6.07) is 7.31. The van der Waals surface area contributed by atoms with Gasteiger partial charge in [-0.3, -0.25) is 4.79 Å². The summed E-state index contributed by atoms with van der Waals surface area (Å²) in [6.45, 7) is 4.24. The van der Waals surface area contributed by atoms with Gasteiger partial charge in [0, 0.05) is 5.56 Å². The van der Waals surface area contributed by atoms with E-state index >= 15 is 0 Å². The second-order valence-electron chi connectivity index (χ2n) is 4.17. The lowest BCUT2D eigenvalue weighted by molar-refractivity contribution is -0.142. The van der Waals surface area contributed by atoms with Gasteiger partial charge in [0.1, 0.15) is 5.75 Å². The summed E-state index contributed by atoms with van der Waals surface area (Å²) in [6.07, 6.45) is -0.565. The molecule has 0 saturated heterocycles. The van der Waals surface area contributed by atoms with Crippen LogP contribution in [0.15, 0.2) is 24.3 Å². The first kappa shape index (κ1) is 14.5. The second-order valence-corrected chi connectivity index (χ2v) is 4.17. The first-order valence-electron chi connectivity index (χ1n) is 6.06. The number of carbonyl (C=O) groups is 1. The standard InChI is InChI=1S/C14H20O4/c1-4-18-12-8-6-5-7-11(12)14(16)10(2)9-13(15)17-3/h5-8,10,14,16H,4,9H2,1-3H3. The van der Waals surface area contributed by atoms with Gasteiger partial charge in [-0.1, -0.05) is 25.1 Å². The van der Waals surface area contributed by atoms with Crippen LogP contribution in [0.2, 0.25) is 0 Å². The first-order chi connectivity index (χ1) is 8.60. The molecule has 1 aromatic carbocycles. The van der Waals surface area contributed by atoms with E-state index in [2.05, 4.69) is 4.74 Å². The molecule has 0 amide bonds. The van der Waals surface area contributed by atoms with Crippen LogP contribution >= 0.6 is 0 Å². The Morgan fingerprint density at radius 1 is 1.39 bits per heavy atom. The number of para-hydroxylation sites is 1. The Labute approximate surface area is 108 Å². The number of aliphatic hydroxyl groups is 1. The van der Waals surface area contributed by atoms with Crippen LogP contribution in [0, 0.1) is 5.92 Å². The van der Waals surface area contributed by atoms with Crippen LogP contribution in [-0.4, -0.2) is 24.8 Å². The molecule has 0 bridgehead atoms. The summed E-state index contributed by atoms with van der Waals surface area (Å²) in [5.41, 5.74) is 0.704. The summed E-state index contributed by atoms with van der Waals surface area (Å²) in [5, 5.41) is 10.3. The van der Waals surface area contributed by atoms with Crippen molar-refractivity contribution in [3.05, 3.63) is 29.8 Å². The quantitative estimate of drug-likeness (QED) is 0.789. The highest BCUT2D eigenvalue weighted by molar-refractivity contribution is 5.69. The Kier molecular flexibility index (Phi) is 5.65. The van der Waals surface area contributed by atoms with Gasteiger partial charge >= 0.3 is 5.97 Å². The Morgan fingerprint density at radius 2 is 2.06 bits per heavy atom. The molecule has 0 saturated carbocycles. The zero-order chi connectivity index (χ0) is 13.5. The lowest BCUT2D eigenvalue weighted by atomic mass is 9.94. The van der Waals surface area contributed by atoms with E-state index in [-0.39, 0.29) is 18.3 Å². The number of aliphatic hydroxyl groups excluding tert-OH is 1. The predicted molar refractivity (Wildman–Crippen MR) is 68.4 cm³/mol. The van der Waals surface area contributed by atoms with Crippen molar-refractivity contribution in [1.82, 2.24) is 0 Å². The van der Waals surface area contributed by atoms with Gasteiger partial charge in [-0.25, -0.2) is 0 Å². The molecule has 4 heteroatoms. The zero-order valence-corrected chi connectivity index (χ0v) is 11.1. The van der Waals surface area contributed by atoms with E-state index < -0.39 is 6.10 Å². The highest BCUT2D eigenvalue weighted by Crippen LogP contribution is 2.31. The Morgan fingerprint density at radius 3 is 2.67 bits per heavy atom. The molecular formula is C14H20O4.